The lowest BCUT2D eigenvalue weighted by molar-refractivity contribution is 0.402. The highest BCUT2D eigenvalue weighted by Crippen LogP contribution is 2.27. The van der Waals surface area contributed by atoms with Gasteiger partial charge in [-0.3, -0.25) is 9.71 Å². The lowest BCUT2D eigenvalue weighted by Crippen LogP contribution is -2.15. The molecule has 0 amide bonds. The van der Waals surface area contributed by atoms with E-state index in [2.05, 4.69) is 9.71 Å². The van der Waals surface area contributed by atoms with Crippen LogP contribution in [0.4, 0.5) is 5.69 Å². The van der Waals surface area contributed by atoms with E-state index < -0.39 is 10.0 Å². The molecular weight excluding hydrogens is 290 g/mol. The maximum absolute atomic E-state index is 12.5. The fourth-order valence-corrected chi connectivity index (χ4v) is 3.12. The van der Waals surface area contributed by atoms with Crippen LogP contribution in [0, 0.1) is 6.92 Å². The van der Waals surface area contributed by atoms with Crippen molar-refractivity contribution in [3.05, 3.63) is 47.8 Å². The second-order valence-electron chi connectivity index (χ2n) is 4.43. The Morgan fingerprint density at radius 3 is 2.71 bits per heavy atom. The molecule has 2 rings (SSSR count). The van der Waals surface area contributed by atoms with Crippen molar-refractivity contribution in [2.45, 2.75) is 18.4 Å². The monoisotopic (exact) mass is 307 g/mol. The first kappa shape index (κ1) is 15.3. The van der Waals surface area contributed by atoms with Crippen LogP contribution in [-0.2, 0) is 16.6 Å². The number of nitrogens with zero attached hydrogens (tertiary/aromatic N) is 1. The Morgan fingerprint density at radius 2 is 2.10 bits per heavy atom. The van der Waals surface area contributed by atoms with E-state index in [-0.39, 0.29) is 10.6 Å². The Balaban J connectivity index is 2.42. The van der Waals surface area contributed by atoms with Crippen molar-refractivity contribution in [3.63, 3.8) is 0 Å². The summed E-state index contributed by atoms with van der Waals surface area (Å²) < 4.78 is 32.6. The van der Waals surface area contributed by atoms with Crippen LogP contribution in [0.3, 0.4) is 0 Å². The molecule has 2 aromatic rings. The van der Waals surface area contributed by atoms with Crippen molar-refractivity contribution in [1.29, 1.82) is 0 Å². The van der Waals surface area contributed by atoms with Crippen molar-refractivity contribution < 1.29 is 13.2 Å². The van der Waals surface area contributed by atoms with Crippen LogP contribution in [0.15, 0.2) is 41.4 Å². The van der Waals surface area contributed by atoms with E-state index in [1.165, 1.54) is 13.2 Å². The molecule has 0 saturated heterocycles. The summed E-state index contributed by atoms with van der Waals surface area (Å²) in [5.74, 6) is 0.256. The first-order valence-corrected chi connectivity index (χ1v) is 7.77. The van der Waals surface area contributed by atoms with Crippen molar-refractivity contribution in [2.24, 2.45) is 5.73 Å². The molecule has 0 aliphatic rings. The third-order valence-electron chi connectivity index (χ3n) is 3.00. The second-order valence-corrected chi connectivity index (χ2v) is 6.08. The van der Waals surface area contributed by atoms with Crippen molar-refractivity contribution in [1.82, 2.24) is 4.98 Å². The van der Waals surface area contributed by atoms with Gasteiger partial charge in [-0.2, -0.15) is 0 Å². The number of benzene rings is 1. The molecule has 112 valence electrons. The van der Waals surface area contributed by atoms with Crippen LogP contribution in [0.1, 0.15) is 11.3 Å². The third-order valence-corrected chi connectivity index (χ3v) is 4.41. The fraction of sp³-hybridized carbons (Fsp3) is 0.214. The van der Waals surface area contributed by atoms with Gasteiger partial charge >= 0.3 is 0 Å². The number of hydrogen-bond acceptors (Lipinski definition) is 5. The van der Waals surface area contributed by atoms with Crippen LogP contribution >= 0.6 is 0 Å². The molecule has 1 heterocycles. The topological polar surface area (TPSA) is 94.3 Å². The number of sulfonamides is 1. The summed E-state index contributed by atoms with van der Waals surface area (Å²) in [7, 11) is -2.34. The Kier molecular flexibility index (Phi) is 4.44. The minimum atomic E-state index is -3.76. The van der Waals surface area contributed by atoms with Crippen molar-refractivity contribution >= 4 is 15.7 Å². The molecule has 0 bridgehead atoms. The molecule has 7 heteroatoms. The van der Waals surface area contributed by atoms with E-state index in [1.54, 1.807) is 37.4 Å². The minimum Gasteiger partial charge on any atom is -0.495 e. The zero-order chi connectivity index (χ0) is 15.5. The lowest BCUT2D eigenvalue weighted by Gasteiger charge is -2.13. The number of nitrogens with one attached hydrogen (secondary N) is 1. The van der Waals surface area contributed by atoms with Gasteiger partial charge in [-0.15, -0.1) is 0 Å². The maximum atomic E-state index is 12.5. The standard InChI is InChI=1S/C14H17N3O3S/c1-10-12(4-3-7-16-10)17-21(18,19)14-6-5-11(9-15)8-13(14)20-2/h3-8,17H,9,15H2,1-2H3. The van der Waals surface area contributed by atoms with E-state index in [1.807, 2.05) is 0 Å². The van der Waals surface area contributed by atoms with E-state index in [4.69, 9.17) is 10.5 Å². The van der Waals surface area contributed by atoms with E-state index >= 15 is 0 Å². The molecule has 0 radical (unpaired) electrons. The minimum absolute atomic E-state index is 0.0606. The van der Waals surface area contributed by atoms with Gasteiger partial charge in [-0.1, -0.05) is 6.07 Å². The number of aromatic nitrogens is 1. The molecule has 0 atom stereocenters. The van der Waals surface area contributed by atoms with Crippen LogP contribution in [0.25, 0.3) is 0 Å². The maximum Gasteiger partial charge on any atom is 0.265 e. The van der Waals surface area contributed by atoms with Crippen LogP contribution < -0.4 is 15.2 Å². The number of ether oxygens (including phenoxy) is 1. The molecular formula is C14H17N3O3S. The zero-order valence-corrected chi connectivity index (χ0v) is 12.6. The van der Waals surface area contributed by atoms with Gasteiger partial charge in [0.25, 0.3) is 10.0 Å². The number of aryl methyl sites for hydroxylation is 1. The average Bonchev–Trinajstić information content (AvgIpc) is 2.48. The molecule has 0 saturated carbocycles. The fourth-order valence-electron chi connectivity index (χ4n) is 1.85. The lowest BCUT2D eigenvalue weighted by atomic mass is 10.2. The smallest absolute Gasteiger partial charge is 0.265 e. The number of hydrogen-bond donors (Lipinski definition) is 2. The highest BCUT2D eigenvalue weighted by molar-refractivity contribution is 7.92. The Hall–Kier alpha value is -2.12. The molecule has 0 fully saturated rings. The zero-order valence-electron chi connectivity index (χ0n) is 11.8. The van der Waals surface area contributed by atoms with Crippen LogP contribution in [0.5, 0.6) is 5.75 Å². The normalized spacial score (nSPS) is 11.2. The van der Waals surface area contributed by atoms with Gasteiger partial charge < -0.3 is 10.5 Å². The summed E-state index contributed by atoms with van der Waals surface area (Å²) in [6, 6.07) is 8.08. The van der Waals surface area contributed by atoms with E-state index in [0.717, 1.165) is 5.56 Å². The highest BCUT2D eigenvalue weighted by atomic mass is 32.2. The quantitative estimate of drug-likeness (QED) is 0.876. The van der Waals surface area contributed by atoms with Gasteiger partial charge in [-0.05, 0) is 36.8 Å². The van der Waals surface area contributed by atoms with Crippen molar-refractivity contribution in [2.75, 3.05) is 11.8 Å². The summed E-state index contributed by atoms with van der Waals surface area (Å²) in [5, 5.41) is 0. The number of anilines is 1. The first-order chi connectivity index (χ1) is 9.97. The van der Waals surface area contributed by atoms with Crippen LogP contribution in [-0.4, -0.2) is 20.5 Å². The molecule has 0 aliphatic heterocycles. The van der Waals surface area contributed by atoms with Gasteiger partial charge in [0.2, 0.25) is 0 Å². The Bertz CT molecular complexity index is 745. The van der Waals surface area contributed by atoms with Gasteiger partial charge in [-0.25, -0.2) is 8.42 Å². The number of methoxy groups -OCH3 is 1. The number of pyridine rings is 1. The third kappa shape index (κ3) is 3.32. The highest BCUT2D eigenvalue weighted by Gasteiger charge is 2.20. The average molecular weight is 307 g/mol. The molecule has 1 aromatic heterocycles. The summed E-state index contributed by atoms with van der Waals surface area (Å²) >= 11 is 0. The Morgan fingerprint density at radius 1 is 1.33 bits per heavy atom. The van der Waals surface area contributed by atoms with E-state index in [9.17, 15) is 8.42 Å². The molecule has 1 aromatic carbocycles. The molecule has 0 unspecified atom stereocenters. The predicted molar refractivity (Wildman–Crippen MR) is 80.7 cm³/mol. The van der Waals surface area contributed by atoms with Gasteiger partial charge in [0.1, 0.15) is 10.6 Å². The molecule has 21 heavy (non-hydrogen) atoms. The molecule has 3 N–H and O–H groups in total. The first-order valence-electron chi connectivity index (χ1n) is 6.29. The van der Waals surface area contributed by atoms with Gasteiger partial charge in [0.05, 0.1) is 18.5 Å². The van der Waals surface area contributed by atoms with Crippen molar-refractivity contribution in [3.8, 4) is 5.75 Å². The molecule has 0 aliphatic carbocycles. The summed E-state index contributed by atoms with van der Waals surface area (Å²) in [5.41, 5.74) is 7.37. The summed E-state index contributed by atoms with van der Waals surface area (Å²) in [4.78, 5) is 4.11. The summed E-state index contributed by atoms with van der Waals surface area (Å²) in [6.07, 6.45) is 1.60. The number of rotatable bonds is 5. The van der Waals surface area contributed by atoms with Gasteiger partial charge in [0.15, 0.2) is 0 Å². The molecule has 6 nitrogen and oxygen atoms in total. The SMILES string of the molecule is COc1cc(CN)ccc1S(=O)(=O)Nc1cccnc1C. The molecule has 0 spiro atoms. The second kappa shape index (κ2) is 6.11. The number of nitrogens with two attached hydrogens (primary N) is 1. The largest absolute Gasteiger partial charge is 0.495 e. The summed E-state index contributed by atoms with van der Waals surface area (Å²) in [6.45, 7) is 2.04. The van der Waals surface area contributed by atoms with Crippen LogP contribution in [0.2, 0.25) is 0 Å². The predicted octanol–water partition coefficient (Wildman–Crippen LogP) is 1.66. The Labute approximate surface area is 124 Å². The van der Waals surface area contributed by atoms with Gasteiger partial charge in [0, 0.05) is 12.7 Å². The van der Waals surface area contributed by atoms with E-state index in [0.29, 0.717) is 17.9 Å².